The van der Waals surface area contributed by atoms with E-state index in [1.807, 2.05) is 19.1 Å². The van der Waals surface area contributed by atoms with Gasteiger partial charge in [-0.25, -0.2) is 0 Å². The number of rotatable bonds is 7. The largest absolute Gasteiger partial charge is 0.325 e. The van der Waals surface area contributed by atoms with Crippen LogP contribution in [-0.2, 0) is 11.3 Å². The van der Waals surface area contributed by atoms with Gasteiger partial charge in [-0.2, -0.15) is 5.26 Å². The lowest BCUT2D eigenvalue weighted by Gasteiger charge is -2.13. The molecule has 7 heteroatoms. The molecule has 3 rings (SSSR count). The third-order valence-electron chi connectivity index (χ3n) is 4.37. The molecule has 0 aliphatic carbocycles. The molecule has 2 aromatic carbocycles. The summed E-state index contributed by atoms with van der Waals surface area (Å²) in [5, 5.41) is 20.9. The summed E-state index contributed by atoms with van der Waals surface area (Å²) in [6.45, 7) is 6.79. The molecule has 0 aliphatic heterocycles. The van der Waals surface area contributed by atoms with E-state index < -0.39 is 0 Å². The van der Waals surface area contributed by atoms with Crippen LogP contribution in [-0.4, -0.2) is 25.9 Å². The van der Waals surface area contributed by atoms with Crippen LogP contribution in [0.1, 0.15) is 31.4 Å². The second-order valence-electron chi connectivity index (χ2n) is 6.77. The number of aromatic nitrogens is 3. The van der Waals surface area contributed by atoms with Gasteiger partial charge in [-0.15, -0.1) is 10.2 Å². The number of hydrogen-bond acceptors (Lipinski definition) is 5. The second kappa shape index (κ2) is 9.39. The van der Waals surface area contributed by atoms with Gasteiger partial charge >= 0.3 is 0 Å². The van der Waals surface area contributed by atoms with Gasteiger partial charge in [-0.3, -0.25) is 4.79 Å². The van der Waals surface area contributed by atoms with E-state index in [1.165, 1.54) is 11.8 Å². The predicted molar refractivity (Wildman–Crippen MR) is 116 cm³/mol. The smallest absolute Gasteiger partial charge is 0.237 e. The molecule has 1 aromatic heterocycles. The standard InChI is InChI=1S/C22H23N5OS/c1-4-12-27-20(18-7-5-6-15(2)13-18)25-26-22(27)29-16(3)21(28)24-19-10-8-17(14-23)9-11-19/h5-11,13,16H,4,12H2,1-3H3,(H,24,28). The number of benzene rings is 2. The zero-order valence-electron chi connectivity index (χ0n) is 16.7. The summed E-state index contributed by atoms with van der Waals surface area (Å²) in [6, 6.07) is 17.1. The number of nitriles is 1. The third-order valence-corrected chi connectivity index (χ3v) is 5.45. The average Bonchev–Trinajstić information content (AvgIpc) is 3.11. The summed E-state index contributed by atoms with van der Waals surface area (Å²) in [5.74, 6) is 0.695. The predicted octanol–water partition coefficient (Wildman–Crippen LogP) is 4.65. The molecule has 0 fully saturated rings. The average molecular weight is 406 g/mol. The Hall–Kier alpha value is -3.11. The summed E-state index contributed by atoms with van der Waals surface area (Å²) in [5.41, 5.74) is 3.41. The first kappa shape index (κ1) is 20.6. The summed E-state index contributed by atoms with van der Waals surface area (Å²) < 4.78 is 2.07. The van der Waals surface area contributed by atoms with Crippen molar-refractivity contribution in [1.29, 1.82) is 5.26 Å². The molecule has 1 amide bonds. The van der Waals surface area contributed by atoms with Gasteiger partial charge in [-0.05, 0) is 50.6 Å². The molecule has 0 saturated heterocycles. The molecule has 6 nitrogen and oxygen atoms in total. The highest BCUT2D eigenvalue weighted by molar-refractivity contribution is 8.00. The quantitative estimate of drug-likeness (QED) is 0.578. The van der Waals surface area contributed by atoms with E-state index in [1.54, 1.807) is 24.3 Å². The van der Waals surface area contributed by atoms with Gasteiger partial charge in [0.1, 0.15) is 0 Å². The molecular formula is C22H23N5OS. The second-order valence-corrected chi connectivity index (χ2v) is 8.07. The van der Waals surface area contributed by atoms with Crippen LogP contribution < -0.4 is 5.32 Å². The summed E-state index contributed by atoms with van der Waals surface area (Å²) in [7, 11) is 0. The van der Waals surface area contributed by atoms with Crippen molar-refractivity contribution in [2.75, 3.05) is 5.32 Å². The minimum atomic E-state index is -0.351. The van der Waals surface area contributed by atoms with Crippen LogP contribution in [0.25, 0.3) is 11.4 Å². The lowest BCUT2D eigenvalue weighted by Crippen LogP contribution is -2.23. The molecule has 29 heavy (non-hydrogen) atoms. The van der Waals surface area contributed by atoms with E-state index in [-0.39, 0.29) is 11.2 Å². The summed E-state index contributed by atoms with van der Waals surface area (Å²) >= 11 is 1.39. The molecule has 0 bridgehead atoms. The van der Waals surface area contributed by atoms with E-state index in [0.717, 1.165) is 35.1 Å². The number of carbonyl (C=O) groups is 1. The highest BCUT2D eigenvalue weighted by atomic mass is 32.2. The Morgan fingerprint density at radius 3 is 2.66 bits per heavy atom. The minimum absolute atomic E-state index is 0.122. The van der Waals surface area contributed by atoms with E-state index in [4.69, 9.17) is 5.26 Å². The number of nitrogens with zero attached hydrogens (tertiary/aromatic N) is 4. The number of carbonyl (C=O) groups excluding carboxylic acids is 1. The van der Waals surface area contributed by atoms with Crippen LogP contribution in [0, 0.1) is 18.3 Å². The van der Waals surface area contributed by atoms with Crippen molar-refractivity contribution in [1.82, 2.24) is 14.8 Å². The molecule has 1 heterocycles. The van der Waals surface area contributed by atoms with Gasteiger partial charge in [0.15, 0.2) is 11.0 Å². The summed E-state index contributed by atoms with van der Waals surface area (Å²) in [6.07, 6.45) is 0.941. The maximum absolute atomic E-state index is 12.6. The van der Waals surface area contributed by atoms with Gasteiger partial charge in [0, 0.05) is 17.8 Å². The maximum Gasteiger partial charge on any atom is 0.237 e. The molecule has 0 saturated carbocycles. The number of hydrogen-bond donors (Lipinski definition) is 1. The number of anilines is 1. The number of amides is 1. The fourth-order valence-corrected chi connectivity index (χ4v) is 3.76. The van der Waals surface area contributed by atoms with Crippen molar-refractivity contribution in [3.05, 3.63) is 59.7 Å². The third kappa shape index (κ3) is 5.04. The van der Waals surface area contributed by atoms with Crippen molar-refractivity contribution in [3.8, 4) is 17.5 Å². The lowest BCUT2D eigenvalue weighted by atomic mass is 10.1. The Morgan fingerprint density at radius 1 is 1.24 bits per heavy atom. The molecular weight excluding hydrogens is 382 g/mol. The van der Waals surface area contributed by atoms with Crippen molar-refractivity contribution >= 4 is 23.4 Å². The Kier molecular flexibility index (Phi) is 6.68. The van der Waals surface area contributed by atoms with Crippen molar-refractivity contribution in [2.24, 2.45) is 0 Å². The molecule has 0 radical (unpaired) electrons. The van der Waals surface area contributed by atoms with Crippen LogP contribution in [0.4, 0.5) is 5.69 Å². The van der Waals surface area contributed by atoms with Crippen LogP contribution in [0.5, 0.6) is 0 Å². The zero-order valence-corrected chi connectivity index (χ0v) is 17.5. The van der Waals surface area contributed by atoms with E-state index >= 15 is 0 Å². The molecule has 0 aliphatic rings. The topological polar surface area (TPSA) is 83.6 Å². The SMILES string of the molecule is CCCn1c(SC(C)C(=O)Nc2ccc(C#N)cc2)nnc1-c1cccc(C)c1. The molecule has 148 valence electrons. The first-order valence-corrected chi connectivity index (χ1v) is 10.4. The van der Waals surface area contributed by atoms with Crippen molar-refractivity contribution in [3.63, 3.8) is 0 Å². The van der Waals surface area contributed by atoms with Crippen LogP contribution >= 0.6 is 11.8 Å². The maximum atomic E-state index is 12.6. The number of aryl methyl sites for hydroxylation is 1. The lowest BCUT2D eigenvalue weighted by molar-refractivity contribution is -0.115. The normalized spacial score (nSPS) is 11.7. The van der Waals surface area contributed by atoms with E-state index in [9.17, 15) is 4.79 Å². The van der Waals surface area contributed by atoms with Gasteiger partial charge in [0.25, 0.3) is 0 Å². The number of nitrogens with one attached hydrogen (secondary N) is 1. The van der Waals surface area contributed by atoms with Crippen LogP contribution in [0.2, 0.25) is 0 Å². The zero-order chi connectivity index (χ0) is 20.8. The molecule has 1 N–H and O–H groups in total. The number of thioether (sulfide) groups is 1. The Labute approximate surface area is 175 Å². The van der Waals surface area contributed by atoms with Crippen molar-refractivity contribution in [2.45, 2.75) is 44.1 Å². The molecule has 3 aromatic rings. The Balaban J connectivity index is 1.76. The molecule has 1 atom stereocenters. The fraction of sp³-hybridized carbons (Fsp3) is 0.273. The van der Waals surface area contributed by atoms with Gasteiger partial charge in [0.05, 0.1) is 16.9 Å². The first-order chi connectivity index (χ1) is 14.0. The molecule has 0 spiro atoms. The van der Waals surface area contributed by atoms with Gasteiger partial charge < -0.3 is 9.88 Å². The van der Waals surface area contributed by atoms with Gasteiger partial charge in [0.2, 0.25) is 5.91 Å². The monoisotopic (exact) mass is 405 g/mol. The molecule has 1 unspecified atom stereocenters. The van der Waals surface area contributed by atoms with E-state index in [2.05, 4.69) is 52.1 Å². The van der Waals surface area contributed by atoms with Crippen molar-refractivity contribution < 1.29 is 4.79 Å². The van der Waals surface area contributed by atoms with Crippen LogP contribution in [0.3, 0.4) is 0 Å². The van der Waals surface area contributed by atoms with Crippen LogP contribution in [0.15, 0.2) is 53.7 Å². The fourth-order valence-electron chi connectivity index (χ4n) is 2.88. The van der Waals surface area contributed by atoms with E-state index in [0.29, 0.717) is 11.3 Å². The Morgan fingerprint density at radius 2 is 2.00 bits per heavy atom. The highest BCUT2D eigenvalue weighted by Crippen LogP contribution is 2.28. The summed E-state index contributed by atoms with van der Waals surface area (Å²) in [4.78, 5) is 12.6. The minimum Gasteiger partial charge on any atom is -0.325 e. The van der Waals surface area contributed by atoms with Gasteiger partial charge in [-0.1, -0.05) is 42.4 Å². The highest BCUT2D eigenvalue weighted by Gasteiger charge is 2.21. The first-order valence-electron chi connectivity index (χ1n) is 9.49. The Bertz CT molecular complexity index is 1040.